The average Bonchev–Trinajstić information content (AvgIpc) is 3.47. The standard InChI is InChI=1S/C24H16N4O/c29-24-12-18-10-16-6-5-14(25-16)9-15-7-8-17(26-15)11-21-19-3-1-2-4-20(19)22(28-21)13-23(24)27-18/h1-13,25-27H. The van der Waals surface area contributed by atoms with E-state index in [-0.39, 0.29) is 5.78 Å². The minimum atomic E-state index is -0.0508. The van der Waals surface area contributed by atoms with Crippen LogP contribution in [-0.4, -0.2) is 21.5 Å². The van der Waals surface area contributed by atoms with Gasteiger partial charge < -0.3 is 15.3 Å². The van der Waals surface area contributed by atoms with Crippen molar-refractivity contribution in [3.63, 3.8) is 0 Å². The van der Waals surface area contributed by atoms with Crippen LogP contribution in [0.25, 0.3) is 23.9 Å². The molecule has 8 bridgehead atoms. The lowest BCUT2D eigenvalue weighted by molar-refractivity contribution is -0.111. The maximum atomic E-state index is 12.5. The van der Waals surface area contributed by atoms with Crippen molar-refractivity contribution in [3.8, 4) is 0 Å². The summed E-state index contributed by atoms with van der Waals surface area (Å²) >= 11 is 0. The van der Waals surface area contributed by atoms with Crippen molar-refractivity contribution < 1.29 is 4.79 Å². The maximum Gasteiger partial charge on any atom is 0.204 e. The fraction of sp³-hybridized carbons (Fsp3) is 0. The van der Waals surface area contributed by atoms with E-state index in [1.54, 1.807) is 6.08 Å². The number of allylic oxidation sites excluding steroid dienone is 3. The summed E-state index contributed by atoms with van der Waals surface area (Å²) in [5, 5.41) is 5.12. The second-order valence-corrected chi connectivity index (χ2v) is 7.25. The lowest BCUT2D eigenvalue weighted by Crippen LogP contribution is -2.14. The summed E-state index contributed by atoms with van der Waals surface area (Å²) in [4.78, 5) is 24.1. The third-order valence-electron chi connectivity index (χ3n) is 5.21. The van der Waals surface area contributed by atoms with E-state index in [0.29, 0.717) is 5.70 Å². The topological polar surface area (TPSA) is 73.0 Å². The van der Waals surface area contributed by atoms with Crippen molar-refractivity contribution in [3.05, 3.63) is 105 Å². The molecule has 6 rings (SSSR count). The number of carbonyl (C=O) groups excluding carboxylic acids is 1. The maximum absolute atomic E-state index is 12.5. The normalized spacial score (nSPS) is 16.6. The van der Waals surface area contributed by atoms with Gasteiger partial charge in [-0.3, -0.25) is 4.79 Å². The number of hydrogen-bond acceptors (Lipinski definition) is 3. The summed E-state index contributed by atoms with van der Waals surface area (Å²) in [5.74, 6) is -0.0508. The Hall–Kier alpha value is -4.12. The first kappa shape index (κ1) is 15.9. The Kier molecular flexibility index (Phi) is 3.25. The number of nitrogens with one attached hydrogen (secondary N) is 3. The van der Waals surface area contributed by atoms with Gasteiger partial charge in [-0.1, -0.05) is 24.3 Å². The van der Waals surface area contributed by atoms with E-state index in [1.165, 1.54) is 0 Å². The Balaban J connectivity index is 1.60. The molecule has 2 aromatic heterocycles. The van der Waals surface area contributed by atoms with Gasteiger partial charge in [0.2, 0.25) is 5.78 Å². The van der Waals surface area contributed by atoms with Gasteiger partial charge >= 0.3 is 0 Å². The van der Waals surface area contributed by atoms with Crippen molar-refractivity contribution in [2.75, 3.05) is 0 Å². The molecule has 5 heterocycles. The van der Waals surface area contributed by atoms with Crippen LogP contribution in [0.4, 0.5) is 0 Å². The first-order valence-corrected chi connectivity index (χ1v) is 9.44. The minimum absolute atomic E-state index is 0.0508. The quantitative estimate of drug-likeness (QED) is 0.563. The summed E-state index contributed by atoms with van der Waals surface area (Å²) in [6.45, 7) is 0. The molecule has 5 nitrogen and oxygen atoms in total. The van der Waals surface area contributed by atoms with Gasteiger partial charge in [-0.15, -0.1) is 0 Å². The summed E-state index contributed by atoms with van der Waals surface area (Å²) in [7, 11) is 0. The predicted molar refractivity (Wildman–Crippen MR) is 114 cm³/mol. The van der Waals surface area contributed by atoms with Gasteiger partial charge in [-0.25, -0.2) is 4.99 Å². The highest BCUT2D eigenvalue weighted by molar-refractivity contribution is 6.22. The third kappa shape index (κ3) is 2.72. The lowest BCUT2D eigenvalue weighted by Gasteiger charge is -2.02. The van der Waals surface area contributed by atoms with E-state index in [2.05, 4.69) is 27.4 Å². The molecule has 0 aliphatic carbocycles. The van der Waals surface area contributed by atoms with Crippen LogP contribution in [0.5, 0.6) is 0 Å². The fourth-order valence-electron chi connectivity index (χ4n) is 3.87. The van der Waals surface area contributed by atoms with Crippen LogP contribution in [0.3, 0.4) is 0 Å². The molecule has 0 fully saturated rings. The van der Waals surface area contributed by atoms with E-state index in [0.717, 1.165) is 50.3 Å². The van der Waals surface area contributed by atoms with Crippen molar-refractivity contribution in [1.82, 2.24) is 15.3 Å². The molecule has 3 aliphatic heterocycles. The van der Waals surface area contributed by atoms with Crippen LogP contribution in [-0.2, 0) is 4.79 Å². The number of benzene rings is 1. The lowest BCUT2D eigenvalue weighted by atomic mass is 10.0. The number of aromatic nitrogens is 2. The second-order valence-electron chi connectivity index (χ2n) is 7.25. The van der Waals surface area contributed by atoms with Crippen LogP contribution >= 0.6 is 0 Å². The van der Waals surface area contributed by atoms with Crippen molar-refractivity contribution in [2.24, 2.45) is 4.99 Å². The van der Waals surface area contributed by atoms with Crippen LogP contribution in [0.2, 0.25) is 0 Å². The summed E-state index contributed by atoms with van der Waals surface area (Å²) in [6.07, 6.45) is 9.46. The van der Waals surface area contributed by atoms with E-state index in [1.807, 2.05) is 60.7 Å². The number of ketones is 1. The Morgan fingerprint density at radius 2 is 1.45 bits per heavy atom. The predicted octanol–water partition coefficient (Wildman–Crippen LogP) is 2.21. The zero-order valence-corrected chi connectivity index (χ0v) is 15.4. The molecular weight excluding hydrogens is 360 g/mol. The number of H-pyrrole nitrogens is 2. The molecule has 0 saturated carbocycles. The van der Waals surface area contributed by atoms with Gasteiger partial charge in [0.1, 0.15) is 0 Å². The molecule has 0 amide bonds. The zero-order chi connectivity index (χ0) is 19.4. The van der Waals surface area contributed by atoms with Crippen LogP contribution in [0.1, 0.15) is 22.5 Å². The van der Waals surface area contributed by atoms with Gasteiger partial charge in [0.15, 0.2) is 0 Å². The molecule has 3 aromatic rings. The summed E-state index contributed by atoms with van der Waals surface area (Å²) in [6, 6.07) is 16.2. The number of rotatable bonds is 0. The highest BCUT2D eigenvalue weighted by Gasteiger charge is 2.22. The molecule has 1 aromatic carbocycles. The molecule has 0 radical (unpaired) electrons. The molecular formula is C24H16N4O. The molecule has 3 N–H and O–H groups in total. The minimum Gasteiger partial charge on any atom is -0.355 e. The Bertz CT molecular complexity index is 1440. The molecule has 138 valence electrons. The van der Waals surface area contributed by atoms with Gasteiger partial charge in [0, 0.05) is 45.0 Å². The summed E-state index contributed by atoms with van der Waals surface area (Å²) in [5.41, 5.74) is 7.00. The SMILES string of the molecule is O=C1C=C2C=c3ccc([nH]3)=Cc3ccc([nH]3)C=C3N=C(C=C1N2)c1ccccc13. The van der Waals surface area contributed by atoms with E-state index < -0.39 is 0 Å². The zero-order valence-electron chi connectivity index (χ0n) is 15.4. The number of fused-ring (bicyclic) bond motifs is 10. The fourth-order valence-corrected chi connectivity index (χ4v) is 3.87. The largest absolute Gasteiger partial charge is 0.355 e. The molecule has 0 saturated heterocycles. The van der Waals surface area contributed by atoms with E-state index in [9.17, 15) is 4.79 Å². The number of hydrogen-bond donors (Lipinski definition) is 3. The van der Waals surface area contributed by atoms with Crippen LogP contribution < -0.4 is 16.0 Å². The number of aliphatic imine (C=N–C) groups is 1. The van der Waals surface area contributed by atoms with E-state index in [4.69, 9.17) is 4.99 Å². The first-order valence-electron chi connectivity index (χ1n) is 9.44. The third-order valence-corrected chi connectivity index (χ3v) is 5.21. The van der Waals surface area contributed by atoms with Crippen molar-refractivity contribution >= 4 is 35.4 Å². The first-order chi connectivity index (χ1) is 14.2. The van der Waals surface area contributed by atoms with Crippen LogP contribution in [0, 0.1) is 0 Å². The number of aromatic amines is 2. The van der Waals surface area contributed by atoms with E-state index >= 15 is 0 Å². The van der Waals surface area contributed by atoms with Crippen molar-refractivity contribution in [1.29, 1.82) is 0 Å². The molecule has 29 heavy (non-hydrogen) atoms. The molecule has 0 spiro atoms. The Labute approximate surface area is 166 Å². The highest BCUT2D eigenvalue weighted by atomic mass is 16.1. The van der Waals surface area contributed by atoms with Gasteiger partial charge in [0.25, 0.3) is 0 Å². The number of nitrogens with zero attached hydrogens (tertiary/aromatic N) is 1. The molecule has 0 unspecified atom stereocenters. The van der Waals surface area contributed by atoms with Crippen molar-refractivity contribution in [2.45, 2.75) is 0 Å². The average molecular weight is 376 g/mol. The Morgan fingerprint density at radius 3 is 2.31 bits per heavy atom. The van der Waals surface area contributed by atoms with Gasteiger partial charge in [-0.05, 0) is 48.6 Å². The Morgan fingerprint density at radius 1 is 0.690 bits per heavy atom. The second kappa shape index (κ2) is 5.94. The highest BCUT2D eigenvalue weighted by Crippen LogP contribution is 2.31. The number of carbonyl (C=O) groups is 1. The van der Waals surface area contributed by atoms with Crippen LogP contribution in [0.15, 0.2) is 77.1 Å². The molecule has 0 atom stereocenters. The van der Waals surface area contributed by atoms with Gasteiger partial charge in [0.05, 0.1) is 17.1 Å². The smallest absolute Gasteiger partial charge is 0.204 e. The van der Waals surface area contributed by atoms with Gasteiger partial charge in [-0.2, -0.15) is 0 Å². The molecule has 5 heteroatoms. The molecule has 3 aliphatic rings. The monoisotopic (exact) mass is 376 g/mol. The summed E-state index contributed by atoms with van der Waals surface area (Å²) < 4.78 is 0.